The van der Waals surface area contributed by atoms with Crippen molar-refractivity contribution in [1.29, 1.82) is 0 Å². The molecule has 9 heteroatoms. The van der Waals surface area contributed by atoms with E-state index in [1.165, 1.54) is 0 Å². The third kappa shape index (κ3) is 3.65. The summed E-state index contributed by atoms with van der Waals surface area (Å²) in [5.74, 6) is 0.301. The van der Waals surface area contributed by atoms with Gasteiger partial charge in [-0.3, -0.25) is 0 Å². The molecule has 1 fully saturated rings. The van der Waals surface area contributed by atoms with Crippen molar-refractivity contribution in [2.75, 3.05) is 13.2 Å². The van der Waals surface area contributed by atoms with Crippen molar-refractivity contribution in [3.8, 4) is 0 Å². The lowest BCUT2D eigenvalue weighted by molar-refractivity contribution is -0.177. The topological polar surface area (TPSA) is 80.4 Å². The molecule has 0 aromatic carbocycles. The summed E-state index contributed by atoms with van der Waals surface area (Å²) in [6.07, 6.45) is -4.42. The second-order valence-corrected chi connectivity index (χ2v) is 4.01. The zero-order chi connectivity index (χ0) is 13.2. The molecule has 2 atom stereocenters. The standard InChI is InChI=1S/C9H12F3N3O3/c10-9(11,12)4-17-3-7-14-8(18-15-7)6-1-5(16)2-13-6/h5-6,13,16H,1-4H2/t5-,6-/m1/s1. The lowest BCUT2D eigenvalue weighted by Crippen LogP contribution is -2.17. The molecule has 6 nitrogen and oxygen atoms in total. The highest BCUT2D eigenvalue weighted by Gasteiger charge is 2.29. The molecule has 0 bridgehead atoms. The van der Waals surface area contributed by atoms with Crippen LogP contribution < -0.4 is 5.32 Å². The van der Waals surface area contributed by atoms with Gasteiger partial charge in [-0.15, -0.1) is 0 Å². The number of ether oxygens (including phenoxy) is 1. The largest absolute Gasteiger partial charge is 0.411 e. The summed E-state index contributed by atoms with van der Waals surface area (Å²) in [7, 11) is 0. The molecule has 1 aliphatic heterocycles. The average Bonchev–Trinajstić information content (AvgIpc) is 2.85. The number of aromatic nitrogens is 2. The first-order chi connectivity index (χ1) is 8.44. The van der Waals surface area contributed by atoms with Gasteiger partial charge in [0.15, 0.2) is 5.82 Å². The fraction of sp³-hybridized carbons (Fsp3) is 0.778. The summed E-state index contributed by atoms with van der Waals surface area (Å²) in [5, 5.41) is 15.8. The maximum atomic E-state index is 11.8. The highest BCUT2D eigenvalue weighted by Crippen LogP contribution is 2.22. The fourth-order valence-corrected chi connectivity index (χ4v) is 1.63. The highest BCUT2D eigenvalue weighted by molar-refractivity contribution is 4.96. The summed E-state index contributed by atoms with van der Waals surface area (Å²) in [5.41, 5.74) is 0. The van der Waals surface area contributed by atoms with E-state index < -0.39 is 18.9 Å². The number of rotatable bonds is 4. The van der Waals surface area contributed by atoms with Crippen molar-refractivity contribution in [1.82, 2.24) is 15.5 Å². The molecule has 1 aliphatic rings. The molecule has 2 heterocycles. The molecule has 1 saturated heterocycles. The van der Waals surface area contributed by atoms with Gasteiger partial charge in [0.2, 0.25) is 5.89 Å². The quantitative estimate of drug-likeness (QED) is 0.829. The fourth-order valence-electron chi connectivity index (χ4n) is 1.63. The van der Waals surface area contributed by atoms with Crippen LogP contribution in [0.1, 0.15) is 24.2 Å². The lowest BCUT2D eigenvalue weighted by Gasteiger charge is -2.04. The Kier molecular flexibility index (Phi) is 3.83. The normalized spacial score (nSPS) is 24.7. The van der Waals surface area contributed by atoms with Gasteiger partial charge in [0.25, 0.3) is 0 Å². The van der Waals surface area contributed by atoms with Gasteiger partial charge in [0.1, 0.15) is 13.2 Å². The van der Waals surface area contributed by atoms with Crippen LogP contribution in [0.15, 0.2) is 4.52 Å². The van der Waals surface area contributed by atoms with E-state index in [0.29, 0.717) is 13.0 Å². The van der Waals surface area contributed by atoms with Crippen molar-refractivity contribution in [2.45, 2.75) is 31.3 Å². The number of halogens is 3. The minimum Gasteiger partial charge on any atom is -0.392 e. The molecular formula is C9H12F3N3O3. The zero-order valence-corrected chi connectivity index (χ0v) is 9.28. The van der Waals surface area contributed by atoms with Gasteiger partial charge in [-0.2, -0.15) is 18.2 Å². The van der Waals surface area contributed by atoms with Gasteiger partial charge in [-0.1, -0.05) is 5.16 Å². The second kappa shape index (κ2) is 5.21. The van der Waals surface area contributed by atoms with Gasteiger partial charge in [0.05, 0.1) is 12.1 Å². The number of hydrogen-bond acceptors (Lipinski definition) is 6. The number of β-amino-alcohol motifs (C(OH)–C–C–N with tert-alkyl or cyclic N) is 1. The summed E-state index contributed by atoms with van der Waals surface area (Å²) in [6, 6.07) is -0.260. The van der Waals surface area contributed by atoms with Gasteiger partial charge >= 0.3 is 6.18 Å². The molecule has 1 aromatic rings. The third-order valence-corrected chi connectivity index (χ3v) is 2.39. The van der Waals surface area contributed by atoms with Gasteiger partial charge < -0.3 is 19.7 Å². The van der Waals surface area contributed by atoms with E-state index in [1.54, 1.807) is 0 Å². The molecule has 0 amide bonds. The maximum absolute atomic E-state index is 11.8. The van der Waals surface area contributed by atoms with Crippen LogP contribution >= 0.6 is 0 Å². The average molecular weight is 267 g/mol. The van der Waals surface area contributed by atoms with Crippen LogP contribution in [0.2, 0.25) is 0 Å². The molecule has 0 spiro atoms. The number of alkyl halides is 3. The molecule has 18 heavy (non-hydrogen) atoms. The Morgan fingerprint density at radius 2 is 2.28 bits per heavy atom. The van der Waals surface area contributed by atoms with Crippen LogP contribution in [0.5, 0.6) is 0 Å². The predicted octanol–water partition coefficient (Wildman–Crippen LogP) is 0.544. The Bertz CT molecular complexity index is 396. The Morgan fingerprint density at radius 3 is 2.89 bits per heavy atom. The molecule has 0 saturated carbocycles. The molecule has 0 unspecified atom stereocenters. The van der Waals surface area contributed by atoms with E-state index in [0.717, 1.165) is 0 Å². The van der Waals surface area contributed by atoms with Crippen LogP contribution in [-0.2, 0) is 11.3 Å². The van der Waals surface area contributed by atoms with E-state index in [9.17, 15) is 18.3 Å². The Hall–Kier alpha value is -1.19. The zero-order valence-electron chi connectivity index (χ0n) is 9.28. The monoisotopic (exact) mass is 267 g/mol. The molecule has 0 aliphatic carbocycles. The van der Waals surface area contributed by atoms with E-state index in [2.05, 4.69) is 20.2 Å². The first kappa shape index (κ1) is 13.2. The molecule has 0 radical (unpaired) electrons. The van der Waals surface area contributed by atoms with E-state index >= 15 is 0 Å². The van der Waals surface area contributed by atoms with Crippen molar-refractivity contribution in [2.24, 2.45) is 0 Å². The van der Waals surface area contributed by atoms with Crippen molar-refractivity contribution in [3.05, 3.63) is 11.7 Å². The first-order valence-corrected chi connectivity index (χ1v) is 5.32. The Labute approximate surface area is 100 Å². The van der Waals surface area contributed by atoms with Gasteiger partial charge in [-0.25, -0.2) is 0 Å². The van der Waals surface area contributed by atoms with Crippen LogP contribution in [0.4, 0.5) is 13.2 Å². The smallest absolute Gasteiger partial charge is 0.392 e. The minimum absolute atomic E-state index is 0.0532. The Balaban J connectivity index is 1.83. The van der Waals surface area contributed by atoms with Crippen molar-refractivity contribution in [3.63, 3.8) is 0 Å². The molecular weight excluding hydrogens is 255 g/mol. The minimum atomic E-state index is -4.37. The van der Waals surface area contributed by atoms with E-state index in [-0.39, 0.29) is 24.4 Å². The first-order valence-electron chi connectivity index (χ1n) is 5.32. The number of aliphatic hydroxyl groups is 1. The summed E-state index contributed by atoms with van der Waals surface area (Å²) < 4.78 is 44.8. The maximum Gasteiger partial charge on any atom is 0.411 e. The summed E-state index contributed by atoms with van der Waals surface area (Å²) in [4.78, 5) is 3.90. The molecule has 2 rings (SSSR count). The van der Waals surface area contributed by atoms with Crippen LogP contribution in [-0.4, -0.2) is 40.7 Å². The van der Waals surface area contributed by atoms with Gasteiger partial charge in [-0.05, 0) is 6.42 Å². The number of nitrogens with one attached hydrogen (secondary N) is 1. The third-order valence-electron chi connectivity index (χ3n) is 2.39. The van der Waals surface area contributed by atoms with Gasteiger partial charge in [0, 0.05) is 6.54 Å². The predicted molar refractivity (Wildman–Crippen MR) is 51.4 cm³/mol. The highest BCUT2D eigenvalue weighted by atomic mass is 19.4. The molecule has 102 valence electrons. The number of nitrogens with zero attached hydrogens (tertiary/aromatic N) is 2. The SMILES string of the molecule is O[C@H]1CN[C@@H](c2nc(COCC(F)(F)F)no2)C1. The lowest BCUT2D eigenvalue weighted by atomic mass is 10.2. The number of aliphatic hydroxyl groups excluding tert-OH is 1. The second-order valence-electron chi connectivity index (χ2n) is 4.01. The Morgan fingerprint density at radius 1 is 1.50 bits per heavy atom. The van der Waals surface area contributed by atoms with Crippen LogP contribution in [0, 0.1) is 0 Å². The molecule has 1 aromatic heterocycles. The van der Waals surface area contributed by atoms with Crippen LogP contribution in [0.25, 0.3) is 0 Å². The summed E-state index contributed by atoms with van der Waals surface area (Å²) in [6.45, 7) is -1.29. The molecule has 2 N–H and O–H groups in total. The number of hydrogen-bond donors (Lipinski definition) is 2. The van der Waals surface area contributed by atoms with E-state index in [1.807, 2.05) is 0 Å². The van der Waals surface area contributed by atoms with Crippen LogP contribution in [0.3, 0.4) is 0 Å². The van der Waals surface area contributed by atoms with Crippen molar-refractivity contribution < 1.29 is 27.5 Å². The summed E-state index contributed by atoms with van der Waals surface area (Å²) >= 11 is 0. The van der Waals surface area contributed by atoms with Crippen molar-refractivity contribution >= 4 is 0 Å². The van der Waals surface area contributed by atoms with E-state index in [4.69, 9.17) is 4.52 Å².